The van der Waals surface area contributed by atoms with Crippen LogP contribution in [0.2, 0.25) is 10.0 Å². The molecule has 2 fully saturated rings. The summed E-state index contributed by atoms with van der Waals surface area (Å²) in [6.45, 7) is 0.756. The predicted molar refractivity (Wildman–Crippen MR) is 106 cm³/mol. The van der Waals surface area contributed by atoms with Gasteiger partial charge in [-0.1, -0.05) is 42.1 Å². The largest absolute Gasteiger partial charge is 0.454 e. The summed E-state index contributed by atoms with van der Waals surface area (Å²) in [6, 6.07) is 4.51. The Morgan fingerprint density at radius 1 is 1.17 bits per heavy atom. The molecule has 156 valence electrons. The van der Waals surface area contributed by atoms with Gasteiger partial charge in [0.2, 0.25) is 11.8 Å². The molecule has 1 N–H and O–H groups in total. The molecule has 3 rings (SSSR count). The maximum absolute atomic E-state index is 12.4. The van der Waals surface area contributed by atoms with Crippen molar-refractivity contribution >= 4 is 46.9 Å². The summed E-state index contributed by atoms with van der Waals surface area (Å²) in [7, 11) is 0. The van der Waals surface area contributed by atoms with Gasteiger partial charge >= 0.3 is 5.97 Å². The molecule has 9 heteroatoms. The molecule has 1 saturated heterocycles. The standard InChI is InChI=1S/C20H22Cl2N2O5/c1-11(13-7-6-12(21)8-16(13)22)23-17(25)10-29-18(26)9-24-19(27)14-4-2-3-5-15(14)20(24)28/h6-8,11,14-15H,2-5,9-10H2,1H3,(H,23,25). The van der Waals surface area contributed by atoms with Crippen molar-refractivity contribution in [2.75, 3.05) is 13.2 Å². The molecule has 3 unspecified atom stereocenters. The second-order valence-electron chi connectivity index (χ2n) is 7.38. The number of fused-ring (bicyclic) bond motifs is 1. The van der Waals surface area contributed by atoms with Gasteiger partial charge in [-0.3, -0.25) is 24.1 Å². The quantitative estimate of drug-likeness (QED) is 0.542. The van der Waals surface area contributed by atoms with Crippen LogP contribution < -0.4 is 5.32 Å². The van der Waals surface area contributed by atoms with Gasteiger partial charge in [0, 0.05) is 10.0 Å². The molecule has 1 aromatic carbocycles. The average molecular weight is 441 g/mol. The molecule has 1 saturated carbocycles. The number of carbonyl (C=O) groups excluding carboxylic acids is 4. The molecular weight excluding hydrogens is 419 g/mol. The van der Waals surface area contributed by atoms with Crippen molar-refractivity contribution in [1.29, 1.82) is 0 Å². The number of imide groups is 1. The van der Waals surface area contributed by atoms with Crippen molar-refractivity contribution in [1.82, 2.24) is 10.2 Å². The summed E-state index contributed by atoms with van der Waals surface area (Å²) >= 11 is 12.0. The molecular formula is C20H22Cl2N2O5. The second-order valence-corrected chi connectivity index (χ2v) is 8.22. The number of nitrogens with one attached hydrogen (secondary N) is 1. The number of hydrogen-bond donors (Lipinski definition) is 1. The number of halogens is 2. The zero-order valence-corrected chi connectivity index (χ0v) is 17.5. The van der Waals surface area contributed by atoms with Crippen LogP contribution >= 0.6 is 23.2 Å². The number of amides is 3. The van der Waals surface area contributed by atoms with E-state index in [0.29, 0.717) is 28.5 Å². The monoisotopic (exact) mass is 440 g/mol. The molecule has 3 atom stereocenters. The molecule has 3 amide bonds. The summed E-state index contributed by atoms with van der Waals surface area (Å²) in [5.41, 5.74) is 0.673. The highest BCUT2D eigenvalue weighted by molar-refractivity contribution is 6.35. The van der Waals surface area contributed by atoms with Crippen molar-refractivity contribution in [2.45, 2.75) is 38.6 Å². The van der Waals surface area contributed by atoms with Gasteiger partial charge in [0.05, 0.1) is 17.9 Å². The van der Waals surface area contributed by atoms with E-state index in [1.54, 1.807) is 25.1 Å². The molecule has 0 radical (unpaired) electrons. The van der Waals surface area contributed by atoms with Gasteiger partial charge in [0.1, 0.15) is 6.54 Å². The Morgan fingerprint density at radius 2 is 1.79 bits per heavy atom. The van der Waals surface area contributed by atoms with Crippen molar-refractivity contribution in [3.63, 3.8) is 0 Å². The van der Waals surface area contributed by atoms with E-state index in [4.69, 9.17) is 27.9 Å². The summed E-state index contributed by atoms with van der Waals surface area (Å²) in [5, 5.41) is 3.57. The van der Waals surface area contributed by atoms with E-state index in [1.165, 1.54) is 0 Å². The minimum atomic E-state index is -0.794. The zero-order valence-electron chi connectivity index (χ0n) is 16.0. The fourth-order valence-corrected chi connectivity index (χ4v) is 4.49. The highest BCUT2D eigenvalue weighted by atomic mass is 35.5. The summed E-state index contributed by atoms with van der Waals surface area (Å²) in [4.78, 5) is 49.9. The SMILES string of the molecule is CC(NC(=O)COC(=O)CN1C(=O)C2CCCCC2C1=O)c1ccc(Cl)cc1Cl. The number of nitrogens with zero attached hydrogens (tertiary/aromatic N) is 1. The van der Waals surface area contributed by atoms with Gasteiger partial charge in [-0.25, -0.2) is 0 Å². The van der Waals surface area contributed by atoms with Crippen LogP contribution in [0.15, 0.2) is 18.2 Å². The van der Waals surface area contributed by atoms with E-state index in [1.807, 2.05) is 0 Å². The maximum Gasteiger partial charge on any atom is 0.326 e. The van der Waals surface area contributed by atoms with Gasteiger partial charge in [-0.15, -0.1) is 0 Å². The minimum absolute atomic E-state index is 0.313. The molecule has 1 aliphatic carbocycles. The lowest BCUT2D eigenvalue weighted by Gasteiger charge is -2.19. The first-order chi connectivity index (χ1) is 13.8. The summed E-state index contributed by atoms with van der Waals surface area (Å²) in [6.07, 6.45) is 3.17. The number of likely N-dealkylation sites (tertiary alicyclic amines) is 1. The highest BCUT2D eigenvalue weighted by Crippen LogP contribution is 2.37. The first-order valence-corrected chi connectivity index (χ1v) is 10.3. The maximum atomic E-state index is 12.4. The van der Waals surface area contributed by atoms with Gasteiger partial charge in [-0.05, 0) is 37.5 Å². The smallest absolute Gasteiger partial charge is 0.326 e. The average Bonchev–Trinajstić information content (AvgIpc) is 2.91. The summed E-state index contributed by atoms with van der Waals surface area (Å²) < 4.78 is 4.95. The fraction of sp³-hybridized carbons (Fsp3) is 0.500. The molecule has 29 heavy (non-hydrogen) atoms. The van der Waals surface area contributed by atoms with Crippen LogP contribution in [0.25, 0.3) is 0 Å². The molecule has 1 aliphatic heterocycles. The van der Waals surface area contributed by atoms with E-state index in [0.717, 1.165) is 17.7 Å². The lowest BCUT2D eigenvalue weighted by Crippen LogP contribution is -2.38. The van der Waals surface area contributed by atoms with E-state index >= 15 is 0 Å². The lowest BCUT2D eigenvalue weighted by atomic mass is 9.81. The Hall–Kier alpha value is -2.12. The van der Waals surface area contributed by atoms with Crippen molar-refractivity contribution in [3.05, 3.63) is 33.8 Å². The van der Waals surface area contributed by atoms with Crippen LogP contribution in [0.4, 0.5) is 0 Å². The zero-order chi connectivity index (χ0) is 21.1. The van der Waals surface area contributed by atoms with Crippen LogP contribution in [0.1, 0.15) is 44.2 Å². The highest BCUT2D eigenvalue weighted by Gasteiger charge is 2.48. The third-order valence-corrected chi connectivity index (χ3v) is 5.95. The topological polar surface area (TPSA) is 92.8 Å². The van der Waals surface area contributed by atoms with Crippen molar-refractivity contribution in [3.8, 4) is 0 Å². The summed E-state index contributed by atoms with van der Waals surface area (Å²) in [5.74, 6) is -2.59. The Kier molecular flexibility index (Phi) is 6.80. The number of hydrogen-bond acceptors (Lipinski definition) is 5. The van der Waals surface area contributed by atoms with Crippen molar-refractivity contribution in [2.24, 2.45) is 11.8 Å². The Morgan fingerprint density at radius 3 is 2.38 bits per heavy atom. The predicted octanol–water partition coefficient (Wildman–Crippen LogP) is 2.89. The van der Waals surface area contributed by atoms with Crippen LogP contribution in [-0.4, -0.2) is 41.7 Å². The molecule has 1 heterocycles. The number of benzene rings is 1. The first kappa shape index (κ1) is 21.6. The van der Waals surface area contributed by atoms with Crippen LogP contribution in [0.5, 0.6) is 0 Å². The normalized spacial score (nSPS) is 22.2. The van der Waals surface area contributed by atoms with Crippen LogP contribution in [0, 0.1) is 11.8 Å². The van der Waals surface area contributed by atoms with Crippen molar-refractivity contribution < 1.29 is 23.9 Å². The Bertz CT molecular complexity index is 820. The van der Waals surface area contributed by atoms with E-state index in [9.17, 15) is 19.2 Å². The van der Waals surface area contributed by atoms with Gasteiger partial charge in [0.15, 0.2) is 6.61 Å². The molecule has 0 aromatic heterocycles. The van der Waals surface area contributed by atoms with Gasteiger partial charge < -0.3 is 10.1 Å². The molecule has 2 aliphatic rings. The number of carbonyl (C=O) groups is 4. The number of rotatable bonds is 6. The molecule has 7 nitrogen and oxygen atoms in total. The van der Waals surface area contributed by atoms with Crippen LogP contribution in [0.3, 0.4) is 0 Å². The Labute approximate surface area is 178 Å². The minimum Gasteiger partial charge on any atom is -0.454 e. The number of ether oxygens (including phenoxy) is 1. The van der Waals surface area contributed by atoms with E-state index in [2.05, 4.69) is 5.32 Å². The molecule has 0 spiro atoms. The second kappa shape index (κ2) is 9.13. The van der Waals surface area contributed by atoms with Crippen LogP contribution in [-0.2, 0) is 23.9 Å². The van der Waals surface area contributed by atoms with E-state index in [-0.39, 0.29) is 23.7 Å². The molecule has 0 bridgehead atoms. The van der Waals surface area contributed by atoms with Gasteiger partial charge in [0.25, 0.3) is 5.91 Å². The molecule has 1 aromatic rings. The lowest BCUT2D eigenvalue weighted by molar-refractivity contribution is -0.155. The fourth-order valence-electron chi connectivity index (χ4n) is 3.92. The van der Waals surface area contributed by atoms with Gasteiger partial charge in [-0.2, -0.15) is 0 Å². The third-order valence-electron chi connectivity index (χ3n) is 5.39. The third kappa shape index (κ3) is 4.90. The first-order valence-electron chi connectivity index (χ1n) is 9.53. The Balaban J connectivity index is 1.48. The number of esters is 1. The van der Waals surface area contributed by atoms with E-state index < -0.39 is 31.1 Å².